The second-order valence-electron chi connectivity index (χ2n) is 2.00. The summed E-state index contributed by atoms with van der Waals surface area (Å²) in [5.74, 6) is 0. The van der Waals surface area contributed by atoms with E-state index in [0.29, 0.717) is 17.1 Å². The summed E-state index contributed by atoms with van der Waals surface area (Å²) >= 11 is 0. The Morgan fingerprint density at radius 1 is 1.36 bits per heavy atom. The first-order valence-electron chi connectivity index (χ1n) is 3.02. The van der Waals surface area contributed by atoms with Gasteiger partial charge in [-0.1, -0.05) is 6.07 Å². The van der Waals surface area contributed by atoms with Crippen LogP contribution in [0, 0.1) is 5.41 Å². The number of nitrogens with zero attached hydrogens (tertiary/aromatic N) is 1. The maximum Gasteiger partial charge on any atom is 0.0996 e. The van der Waals surface area contributed by atoms with Gasteiger partial charge in [0.25, 0.3) is 0 Å². The number of para-hydroxylation sites is 1. The van der Waals surface area contributed by atoms with Crippen molar-refractivity contribution in [1.29, 1.82) is 5.41 Å². The van der Waals surface area contributed by atoms with Crippen molar-refractivity contribution >= 4 is 23.1 Å². The molecule has 4 nitrogen and oxygen atoms in total. The van der Waals surface area contributed by atoms with Crippen molar-refractivity contribution < 1.29 is 0 Å². The van der Waals surface area contributed by atoms with Crippen LogP contribution in [-0.2, 0) is 0 Å². The Hall–Kier alpha value is -1.80. The normalized spacial score (nSPS) is 8.73. The smallest absolute Gasteiger partial charge is 0.0996 e. The topological polar surface area (TPSA) is 88.2 Å². The summed E-state index contributed by atoms with van der Waals surface area (Å²) in [6.07, 6.45) is 0. The molecular formula is C7H8N4. The molecule has 11 heavy (non-hydrogen) atoms. The van der Waals surface area contributed by atoms with E-state index < -0.39 is 0 Å². The predicted octanol–water partition coefficient (Wildman–Crippen LogP) is 1.24. The fraction of sp³-hybridized carbons (Fsp3) is 0. The fourth-order valence-corrected chi connectivity index (χ4v) is 0.728. The molecule has 0 amide bonds. The summed E-state index contributed by atoms with van der Waals surface area (Å²) in [4.78, 5) is 3.58. The minimum atomic E-state index is 0.396. The highest BCUT2D eigenvalue weighted by atomic mass is 14.8. The van der Waals surface area contributed by atoms with Crippen molar-refractivity contribution in [3.05, 3.63) is 18.2 Å². The van der Waals surface area contributed by atoms with Gasteiger partial charge in [0.15, 0.2) is 0 Å². The molecule has 1 aromatic rings. The van der Waals surface area contributed by atoms with E-state index in [1.54, 1.807) is 18.2 Å². The molecule has 0 bridgehead atoms. The maximum absolute atomic E-state index is 6.59. The van der Waals surface area contributed by atoms with Crippen LogP contribution in [0.4, 0.5) is 17.1 Å². The summed E-state index contributed by atoms with van der Waals surface area (Å²) in [6.45, 7) is 0. The number of nitrogens with two attached hydrogens (primary N) is 2. The molecule has 5 N–H and O–H groups in total. The SMILES string of the molecule is N=C=Nc1cccc(N)c1N. The molecule has 0 fully saturated rings. The minimum Gasteiger partial charge on any atom is -0.397 e. The Morgan fingerprint density at radius 3 is 2.73 bits per heavy atom. The van der Waals surface area contributed by atoms with Gasteiger partial charge < -0.3 is 11.5 Å². The molecule has 0 aliphatic rings. The first-order valence-corrected chi connectivity index (χ1v) is 3.02. The average molecular weight is 148 g/mol. The van der Waals surface area contributed by atoms with Gasteiger partial charge in [-0.05, 0) is 12.1 Å². The molecule has 0 atom stereocenters. The van der Waals surface area contributed by atoms with Gasteiger partial charge in [-0.2, -0.15) is 4.99 Å². The molecule has 0 saturated carbocycles. The van der Waals surface area contributed by atoms with Crippen molar-refractivity contribution in [2.45, 2.75) is 0 Å². The van der Waals surface area contributed by atoms with Gasteiger partial charge in [-0.25, -0.2) is 5.41 Å². The molecule has 0 aromatic heterocycles. The number of nitrogen functional groups attached to an aromatic ring is 2. The Balaban J connectivity index is 3.26. The number of aliphatic imine (C=N–C) groups is 1. The second kappa shape index (κ2) is 2.86. The van der Waals surface area contributed by atoms with Crippen LogP contribution in [0.1, 0.15) is 0 Å². The van der Waals surface area contributed by atoms with E-state index in [1.165, 1.54) is 0 Å². The lowest BCUT2D eigenvalue weighted by Crippen LogP contribution is -1.93. The lowest BCUT2D eigenvalue weighted by atomic mass is 10.2. The number of hydrogen-bond acceptors (Lipinski definition) is 4. The van der Waals surface area contributed by atoms with Gasteiger partial charge in [-0.15, -0.1) is 0 Å². The van der Waals surface area contributed by atoms with Crippen molar-refractivity contribution in [2.75, 3.05) is 11.5 Å². The van der Waals surface area contributed by atoms with Gasteiger partial charge in [-0.3, -0.25) is 0 Å². The Labute approximate surface area is 64.1 Å². The number of rotatable bonds is 1. The van der Waals surface area contributed by atoms with Crippen LogP contribution < -0.4 is 11.5 Å². The summed E-state index contributed by atoms with van der Waals surface area (Å²) < 4.78 is 0. The number of benzene rings is 1. The molecule has 4 heteroatoms. The largest absolute Gasteiger partial charge is 0.397 e. The molecule has 56 valence electrons. The molecule has 0 unspecified atom stereocenters. The zero-order chi connectivity index (χ0) is 8.27. The summed E-state index contributed by atoms with van der Waals surface area (Å²) in [5.41, 5.74) is 12.4. The number of hydrogen-bond donors (Lipinski definition) is 3. The highest BCUT2D eigenvalue weighted by molar-refractivity contribution is 5.77. The first kappa shape index (κ1) is 7.31. The third kappa shape index (κ3) is 1.36. The predicted molar refractivity (Wildman–Crippen MR) is 45.1 cm³/mol. The van der Waals surface area contributed by atoms with Crippen LogP contribution in [0.2, 0.25) is 0 Å². The second-order valence-corrected chi connectivity index (χ2v) is 2.00. The molecule has 1 rings (SSSR count). The van der Waals surface area contributed by atoms with E-state index in [4.69, 9.17) is 16.9 Å². The van der Waals surface area contributed by atoms with Gasteiger partial charge in [0.2, 0.25) is 0 Å². The maximum atomic E-state index is 6.59. The van der Waals surface area contributed by atoms with Crippen molar-refractivity contribution in [3.8, 4) is 0 Å². The van der Waals surface area contributed by atoms with Gasteiger partial charge in [0.05, 0.1) is 23.1 Å². The standard InChI is InChI=1S/C7H8N4/c8-4-11-6-3-1-2-5(9)7(6)10/h1-3,8H,9-10H2. The molecule has 0 spiro atoms. The zero-order valence-electron chi connectivity index (χ0n) is 5.83. The van der Waals surface area contributed by atoms with Gasteiger partial charge in [0.1, 0.15) is 0 Å². The quantitative estimate of drug-likeness (QED) is 0.413. The average Bonchev–Trinajstić information content (AvgIpc) is 1.99. The van der Waals surface area contributed by atoms with E-state index in [-0.39, 0.29) is 0 Å². The van der Waals surface area contributed by atoms with E-state index in [1.807, 2.05) is 6.01 Å². The first-order chi connectivity index (χ1) is 5.25. The fourth-order valence-electron chi connectivity index (χ4n) is 0.728. The van der Waals surface area contributed by atoms with E-state index in [2.05, 4.69) is 4.99 Å². The molecular weight excluding hydrogens is 140 g/mol. The molecule has 0 aliphatic carbocycles. The third-order valence-corrected chi connectivity index (χ3v) is 1.29. The Bertz CT molecular complexity index is 312. The molecule has 0 radical (unpaired) electrons. The monoisotopic (exact) mass is 148 g/mol. The van der Waals surface area contributed by atoms with Crippen LogP contribution in [0.25, 0.3) is 0 Å². The lowest BCUT2D eigenvalue weighted by Gasteiger charge is -2.00. The Kier molecular flexibility index (Phi) is 1.90. The van der Waals surface area contributed by atoms with Crippen LogP contribution >= 0.6 is 0 Å². The van der Waals surface area contributed by atoms with Crippen LogP contribution in [0.5, 0.6) is 0 Å². The summed E-state index contributed by atoms with van der Waals surface area (Å²) in [5, 5.41) is 6.59. The third-order valence-electron chi connectivity index (χ3n) is 1.29. The molecule has 0 heterocycles. The van der Waals surface area contributed by atoms with Crippen LogP contribution in [0.15, 0.2) is 23.2 Å². The molecule has 1 aromatic carbocycles. The minimum absolute atomic E-state index is 0.396. The summed E-state index contributed by atoms with van der Waals surface area (Å²) in [7, 11) is 0. The Morgan fingerprint density at radius 2 is 2.09 bits per heavy atom. The van der Waals surface area contributed by atoms with E-state index in [9.17, 15) is 0 Å². The van der Waals surface area contributed by atoms with Crippen molar-refractivity contribution in [3.63, 3.8) is 0 Å². The van der Waals surface area contributed by atoms with Crippen LogP contribution in [-0.4, -0.2) is 6.01 Å². The van der Waals surface area contributed by atoms with Crippen molar-refractivity contribution in [2.24, 2.45) is 4.99 Å². The van der Waals surface area contributed by atoms with Gasteiger partial charge >= 0.3 is 0 Å². The number of nitrogens with one attached hydrogen (secondary N) is 1. The highest BCUT2D eigenvalue weighted by Gasteiger charge is 1.98. The van der Waals surface area contributed by atoms with Gasteiger partial charge in [0, 0.05) is 0 Å². The number of anilines is 2. The lowest BCUT2D eigenvalue weighted by molar-refractivity contribution is 1.48. The molecule has 0 saturated heterocycles. The summed E-state index contributed by atoms with van der Waals surface area (Å²) in [6, 6.07) is 6.97. The molecule has 0 aliphatic heterocycles. The highest BCUT2D eigenvalue weighted by Crippen LogP contribution is 2.26. The van der Waals surface area contributed by atoms with Crippen LogP contribution in [0.3, 0.4) is 0 Å². The zero-order valence-corrected chi connectivity index (χ0v) is 5.83. The van der Waals surface area contributed by atoms with E-state index >= 15 is 0 Å². The van der Waals surface area contributed by atoms with Crippen molar-refractivity contribution in [1.82, 2.24) is 0 Å². The van der Waals surface area contributed by atoms with E-state index in [0.717, 1.165) is 0 Å².